The highest BCUT2D eigenvalue weighted by molar-refractivity contribution is 6.13. The number of ether oxygens (including phenoxy) is 1. The van der Waals surface area contributed by atoms with Crippen molar-refractivity contribution in [1.82, 2.24) is 4.84 Å². The molecule has 4 heteroatoms. The van der Waals surface area contributed by atoms with Crippen molar-refractivity contribution in [2.24, 2.45) is 0 Å². The summed E-state index contributed by atoms with van der Waals surface area (Å²) in [6.45, 7) is 0.831. The monoisotopic (exact) mass is 305 g/mol. The highest BCUT2D eigenvalue weighted by Crippen LogP contribution is 2.25. The molecular formula is C17H20ClNO2. The Morgan fingerprint density at radius 3 is 2.38 bits per heavy atom. The highest BCUT2D eigenvalue weighted by Gasteiger charge is 2.12. The lowest BCUT2D eigenvalue weighted by Gasteiger charge is -2.19. The van der Waals surface area contributed by atoms with Crippen LogP contribution in [0.4, 0.5) is 0 Å². The number of rotatable bonds is 8. The van der Waals surface area contributed by atoms with Crippen LogP contribution in [-0.2, 0) is 6.42 Å². The van der Waals surface area contributed by atoms with Crippen LogP contribution in [0.5, 0.6) is 5.75 Å². The van der Waals surface area contributed by atoms with Crippen LogP contribution < -0.4 is 9.57 Å². The third kappa shape index (κ3) is 5.05. The van der Waals surface area contributed by atoms with Crippen LogP contribution in [0.1, 0.15) is 23.7 Å². The first kappa shape index (κ1) is 15.8. The van der Waals surface area contributed by atoms with Crippen LogP contribution in [0.25, 0.3) is 0 Å². The second-order valence-electron chi connectivity index (χ2n) is 4.81. The molecule has 0 amide bonds. The number of nitrogens with one attached hydrogen (secondary N) is 1. The van der Waals surface area contributed by atoms with E-state index in [-0.39, 0.29) is 12.7 Å². The van der Waals surface area contributed by atoms with E-state index >= 15 is 0 Å². The molecular weight excluding hydrogens is 286 g/mol. The molecule has 21 heavy (non-hydrogen) atoms. The molecule has 2 aromatic carbocycles. The number of benzene rings is 2. The third-order valence-electron chi connectivity index (χ3n) is 3.27. The molecule has 0 spiro atoms. The SMILES string of the molecule is OCCc1ccc(OC(CCNCl)c2ccccc2)cc1. The van der Waals surface area contributed by atoms with Gasteiger partial charge < -0.3 is 9.84 Å². The summed E-state index contributed by atoms with van der Waals surface area (Å²) in [6.07, 6.45) is 1.41. The average molecular weight is 306 g/mol. The van der Waals surface area contributed by atoms with Gasteiger partial charge in [-0.25, -0.2) is 4.84 Å². The Morgan fingerprint density at radius 2 is 1.76 bits per heavy atom. The van der Waals surface area contributed by atoms with Crippen molar-refractivity contribution in [3.63, 3.8) is 0 Å². The molecule has 0 aliphatic heterocycles. The van der Waals surface area contributed by atoms with E-state index in [2.05, 4.69) is 17.0 Å². The first-order valence-electron chi connectivity index (χ1n) is 7.08. The van der Waals surface area contributed by atoms with Crippen molar-refractivity contribution in [1.29, 1.82) is 0 Å². The average Bonchev–Trinajstić information content (AvgIpc) is 2.54. The molecule has 2 N–H and O–H groups in total. The lowest BCUT2D eigenvalue weighted by Crippen LogP contribution is -2.13. The maximum atomic E-state index is 8.93. The van der Waals surface area contributed by atoms with Crippen LogP contribution in [0, 0.1) is 0 Å². The summed E-state index contributed by atoms with van der Waals surface area (Å²) < 4.78 is 6.07. The fourth-order valence-corrected chi connectivity index (χ4v) is 2.28. The molecule has 0 radical (unpaired) electrons. The van der Waals surface area contributed by atoms with Gasteiger partial charge in [-0.1, -0.05) is 42.5 Å². The Morgan fingerprint density at radius 1 is 1.05 bits per heavy atom. The van der Waals surface area contributed by atoms with Crippen molar-refractivity contribution >= 4 is 11.8 Å². The molecule has 2 rings (SSSR count). The van der Waals surface area contributed by atoms with Crippen molar-refractivity contribution in [2.75, 3.05) is 13.2 Å². The quantitative estimate of drug-likeness (QED) is 0.734. The summed E-state index contributed by atoms with van der Waals surface area (Å²) in [6, 6.07) is 17.9. The van der Waals surface area contributed by atoms with Crippen LogP contribution in [0.2, 0.25) is 0 Å². The standard InChI is InChI=1S/C17H20ClNO2/c18-19-12-10-17(15-4-2-1-3-5-15)21-16-8-6-14(7-9-16)11-13-20/h1-9,17,19-20H,10-13H2. The zero-order chi connectivity index (χ0) is 14.9. The number of hydrogen-bond acceptors (Lipinski definition) is 3. The van der Waals surface area contributed by atoms with Crippen LogP contribution in [0.15, 0.2) is 54.6 Å². The van der Waals surface area contributed by atoms with Crippen molar-refractivity contribution in [3.8, 4) is 5.75 Å². The zero-order valence-corrected chi connectivity index (χ0v) is 12.6. The molecule has 112 valence electrons. The Labute approximate surface area is 130 Å². The topological polar surface area (TPSA) is 41.5 Å². The summed E-state index contributed by atoms with van der Waals surface area (Å²) in [7, 11) is 0. The van der Waals surface area contributed by atoms with E-state index < -0.39 is 0 Å². The lowest BCUT2D eigenvalue weighted by molar-refractivity contribution is 0.196. The van der Waals surface area contributed by atoms with Crippen molar-refractivity contribution in [3.05, 3.63) is 65.7 Å². The van der Waals surface area contributed by atoms with Crippen molar-refractivity contribution in [2.45, 2.75) is 18.9 Å². The maximum absolute atomic E-state index is 8.93. The van der Waals surface area contributed by atoms with E-state index in [4.69, 9.17) is 21.6 Å². The summed E-state index contributed by atoms with van der Waals surface area (Å²) in [5, 5.41) is 8.93. The molecule has 0 saturated carbocycles. The van der Waals surface area contributed by atoms with E-state index in [1.54, 1.807) is 0 Å². The van der Waals surface area contributed by atoms with Gasteiger partial charge in [-0.05, 0) is 41.5 Å². The Bertz CT molecular complexity index is 516. The summed E-state index contributed by atoms with van der Waals surface area (Å²) in [5.74, 6) is 0.820. The molecule has 0 fully saturated rings. The van der Waals surface area contributed by atoms with E-state index in [9.17, 15) is 0 Å². The van der Waals surface area contributed by atoms with Gasteiger partial charge in [0.05, 0.1) is 0 Å². The molecule has 0 saturated heterocycles. The molecule has 2 aromatic rings. The van der Waals surface area contributed by atoms with Gasteiger partial charge in [-0.2, -0.15) is 0 Å². The fraction of sp³-hybridized carbons (Fsp3) is 0.294. The zero-order valence-electron chi connectivity index (χ0n) is 11.8. The smallest absolute Gasteiger partial charge is 0.125 e. The third-order valence-corrected chi connectivity index (χ3v) is 3.46. The Kier molecular flexibility index (Phi) is 6.54. The fourth-order valence-electron chi connectivity index (χ4n) is 2.18. The molecule has 0 aliphatic rings. The molecule has 0 heterocycles. The van der Waals surface area contributed by atoms with Crippen LogP contribution >= 0.6 is 11.8 Å². The number of hydrogen-bond donors (Lipinski definition) is 2. The largest absolute Gasteiger partial charge is 0.486 e. The van der Waals surface area contributed by atoms with Crippen molar-refractivity contribution < 1.29 is 9.84 Å². The van der Waals surface area contributed by atoms with Crippen LogP contribution in [-0.4, -0.2) is 18.3 Å². The van der Waals surface area contributed by atoms with Gasteiger partial charge in [0, 0.05) is 19.6 Å². The second-order valence-corrected chi connectivity index (χ2v) is 5.07. The van der Waals surface area contributed by atoms with Gasteiger partial charge in [-0.3, -0.25) is 0 Å². The minimum absolute atomic E-state index is 0.0406. The molecule has 0 aliphatic carbocycles. The van der Waals surface area contributed by atoms with Gasteiger partial charge in [0.25, 0.3) is 0 Å². The first-order valence-corrected chi connectivity index (χ1v) is 7.46. The Balaban J connectivity index is 2.07. The number of aliphatic hydroxyl groups is 1. The second kappa shape index (κ2) is 8.67. The number of aliphatic hydroxyl groups excluding tert-OH is 1. The minimum Gasteiger partial charge on any atom is -0.486 e. The van der Waals surface area contributed by atoms with E-state index in [1.165, 1.54) is 0 Å². The predicted octanol–water partition coefficient (Wildman–Crippen LogP) is 3.48. The van der Waals surface area contributed by atoms with Gasteiger partial charge in [0.15, 0.2) is 0 Å². The summed E-state index contributed by atoms with van der Waals surface area (Å²) in [4.78, 5) is 2.64. The predicted molar refractivity (Wildman–Crippen MR) is 85.5 cm³/mol. The summed E-state index contributed by atoms with van der Waals surface area (Å²) in [5.41, 5.74) is 2.23. The maximum Gasteiger partial charge on any atom is 0.125 e. The highest BCUT2D eigenvalue weighted by atomic mass is 35.5. The first-order chi connectivity index (χ1) is 10.3. The van der Waals surface area contributed by atoms with E-state index in [0.29, 0.717) is 13.0 Å². The van der Waals surface area contributed by atoms with Crippen LogP contribution in [0.3, 0.4) is 0 Å². The molecule has 1 unspecified atom stereocenters. The van der Waals surface area contributed by atoms with Gasteiger partial charge in [0.1, 0.15) is 11.9 Å². The van der Waals surface area contributed by atoms with E-state index in [1.807, 2.05) is 42.5 Å². The molecule has 3 nitrogen and oxygen atoms in total. The van der Waals surface area contributed by atoms with Gasteiger partial charge in [-0.15, -0.1) is 0 Å². The Hall–Kier alpha value is -1.55. The van der Waals surface area contributed by atoms with Gasteiger partial charge >= 0.3 is 0 Å². The summed E-state index contributed by atoms with van der Waals surface area (Å²) >= 11 is 5.56. The van der Waals surface area contributed by atoms with Gasteiger partial charge in [0.2, 0.25) is 0 Å². The van der Waals surface area contributed by atoms with E-state index in [0.717, 1.165) is 23.3 Å². The lowest BCUT2D eigenvalue weighted by atomic mass is 10.1. The normalized spacial score (nSPS) is 12.1. The molecule has 1 atom stereocenters. The molecule has 0 aromatic heterocycles. The minimum atomic E-state index is -0.0406. The number of halogens is 1. The molecule has 0 bridgehead atoms.